The Morgan fingerprint density at radius 2 is 1.77 bits per heavy atom. The van der Waals surface area contributed by atoms with Gasteiger partial charge in [-0.1, -0.05) is 43.3 Å². The van der Waals surface area contributed by atoms with E-state index in [9.17, 15) is 9.59 Å². The van der Waals surface area contributed by atoms with Gasteiger partial charge in [0.2, 0.25) is 11.8 Å². The molecule has 2 aromatic rings. The van der Waals surface area contributed by atoms with Crippen LogP contribution in [0.4, 0.5) is 0 Å². The second kappa shape index (κ2) is 12.4. The summed E-state index contributed by atoms with van der Waals surface area (Å²) in [5, 5.41) is 2.97. The van der Waals surface area contributed by atoms with Crippen molar-refractivity contribution in [2.75, 3.05) is 12.9 Å². The van der Waals surface area contributed by atoms with Gasteiger partial charge in [0, 0.05) is 18.3 Å². The summed E-state index contributed by atoms with van der Waals surface area (Å²) in [6.45, 7) is 8.28. The molecule has 1 atom stereocenters. The number of hydrogen-bond donors (Lipinski definition) is 1. The van der Waals surface area contributed by atoms with Gasteiger partial charge in [-0.3, -0.25) is 9.59 Å². The minimum atomic E-state index is -0.490. The standard InChI is InChI=1S/C25H34N2O3S/c1-6-23(25(29)26-18(2)3)27(15-21-10-8-7-9-19(21)4)24(28)17-31-16-20-11-13-22(30-5)14-12-20/h7-14,18,23H,6,15-17H2,1-5H3,(H,26,29)/t23-/m1/s1. The fourth-order valence-corrected chi connectivity index (χ4v) is 4.20. The molecule has 0 radical (unpaired) electrons. The summed E-state index contributed by atoms with van der Waals surface area (Å²) in [5.41, 5.74) is 3.31. The van der Waals surface area contributed by atoms with Gasteiger partial charge in [0.1, 0.15) is 11.8 Å². The molecule has 0 aliphatic carbocycles. The maximum atomic E-state index is 13.2. The van der Waals surface area contributed by atoms with Crippen molar-refractivity contribution in [2.45, 2.75) is 58.5 Å². The third kappa shape index (κ3) is 7.62. The fraction of sp³-hybridized carbons (Fsp3) is 0.440. The highest BCUT2D eigenvalue weighted by atomic mass is 32.2. The number of rotatable bonds is 11. The lowest BCUT2D eigenvalue weighted by Gasteiger charge is -2.31. The third-order valence-corrected chi connectivity index (χ3v) is 6.06. The number of nitrogens with zero attached hydrogens (tertiary/aromatic N) is 1. The number of benzene rings is 2. The van der Waals surface area contributed by atoms with E-state index in [4.69, 9.17) is 4.74 Å². The maximum Gasteiger partial charge on any atom is 0.243 e. The van der Waals surface area contributed by atoms with Crippen LogP contribution in [0.1, 0.15) is 43.9 Å². The van der Waals surface area contributed by atoms with Crippen molar-refractivity contribution < 1.29 is 14.3 Å². The molecule has 1 N–H and O–H groups in total. The largest absolute Gasteiger partial charge is 0.497 e. The first kappa shape index (κ1) is 24.8. The van der Waals surface area contributed by atoms with E-state index in [-0.39, 0.29) is 17.9 Å². The molecular formula is C25H34N2O3S. The van der Waals surface area contributed by atoms with E-state index in [0.717, 1.165) is 28.2 Å². The van der Waals surface area contributed by atoms with Crippen LogP contribution in [0.3, 0.4) is 0 Å². The average molecular weight is 443 g/mol. The lowest BCUT2D eigenvalue weighted by Crippen LogP contribution is -2.51. The highest BCUT2D eigenvalue weighted by molar-refractivity contribution is 7.99. The summed E-state index contributed by atoms with van der Waals surface area (Å²) in [5.74, 6) is 1.75. The first-order valence-electron chi connectivity index (χ1n) is 10.7. The summed E-state index contributed by atoms with van der Waals surface area (Å²) in [6.07, 6.45) is 0.569. The molecule has 0 aliphatic heterocycles. The van der Waals surface area contributed by atoms with Crippen LogP contribution < -0.4 is 10.1 Å². The van der Waals surface area contributed by atoms with Crippen LogP contribution >= 0.6 is 11.8 Å². The molecule has 0 bridgehead atoms. The van der Waals surface area contributed by atoms with Crippen molar-refractivity contribution >= 4 is 23.6 Å². The number of aryl methyl sites for hydroxylation is 1. The van der Waals surface area contributed by atoms with Gasteiger partial charge in [-0.2, -0.15) is 0 Å². The average Bonchev–Trinajstić information content (AvgIpc) is 2.74. The Morgan fingerprint density at radius 3 is 2.35 bits per heavy atom. The molecule has 31 heavy (non-hydrogen) atoms. The number of carbonyl (C=O) groups is 2. The first-order chi connectivity index (χ1) is 14.8. The SMILES string of the molecule is CC[C@H](C(=O)NC(C)C)N(Cc1ccccc1C)C(=O)CSCc1ccc(OC)cc1. The van der Waals surface area contributed by atoms with Crippen molar-refractivity contribution in [3.8, 4) is 5.75 Å². The molecule has 0 saturated carbocycles. The summed E-state index contributed by atoms with van der Waals surface area (Å²) in [4.78, 5) is 27.8. The molecule has 0 aliphatic rings. The fourth-order valence-electron chi connectivity index (χ4n) is 3.33. The van der Waals surface area contributed by atoms with E-state index in [2.05, 4.69) is 5.32 Å². The van der Waals surface area contributed by atoms with Gasteiger partial charge < -0.3 is 15.0 Å². The Balaban J connectivity index is 2.12. The van der Waals surface area contributed by atoms with Crippen LogP contribution in [0.2, 0.25) is 0 Å². The van der Waals surface area contributed by atoms with E-state index in [1.807, 2.05) is 76.2 Å². The molecule has 0 unspecified atom stereocenters. The lowest BCUT2D eigenvalue weighted by atomic mass is 10.1. The lowest BCUT2D eigenvalue weighted by molar-refractivity contribution is -0.139. The van der Waals surface area contributed by atoms with Gasteiger partial charge in [0.25, 0.3) is 0 Å². The number of hydrogen-bond acceptors (Lipinski definition) is 4. The predicted octanol–water partition coefficient (Wildman–Crippen LogP) is 4.57. The molecule has 0 aromatic heterocycles. The van der Waals surface area contributed by atoms with Crippen LogP contribution in [-0.2, 0) is 21.9 Å². The molecule has 168 valence electrons. The predicted molar refractivity (Wildman–Crippen MR) is 128 cm³/mol. The monoisotopic (exact) mass is 442 g/mol. The maximum absolute atomic E-state index is 13.2. The number of nitrogens with one attached hydrogen (secondary N) is 1. The Hall–Kier alpha value is -2.47. The molecule has 2 amide bonds. The molecule has 6 heteroatoms. The van der Waals surface area contributed by atoms with Crippen LogP contribution in [0.5, 0.6) is 5.75 Å². The molecule has 2 rings (SSSR count). The highest BCUT2D eigenvalue weighted by Gasteiger charge is 2.29. The van der Waals surface area contributed by atoms with Gasteiger partial charge in [0.15, 0.2) is 0 Å². The van der Waals surface area contributed by atoms with Crippen LogP contribution in [-0.4, -0.2) is 41.7 Å². The number of amides is 2. The van der Waals surface area contributed by atoms with Gasteiger partial charge in [0.05, 0.1) is 12.9 Å². The van der Waals surface area contributed by atoms with Crippen LogP contribution in [0.15, 0.2) is 48.5 Å². The normalized spacial score (nSPS) is 11.8. The molecular weight excluding hydrogens is 408 g/mol. The summed E-state index contributed by atoms with van der Waals surface area (Å²) in [7, 11) is 1.64. The third-order valence-electron chi connectivity index (χ3n) is 5.07. The van der Waals surface area contributed by atoms with E-state index < -0.39 is 6.04 Å². The number of thioether (sulfide) groups is 1. The zero-order valence-electron chi connectivity index (χ0n) is 19.2. The summed E-state index contributed by atoms with van der Waals surface area (Å²) >= 11 is 1.56. The smallest absolute Gasteiger partial charge is 0.243 e. The highest BCUT2D eigenvalue weighted by Crippen LogP contribution is 2.20. The van der Waals surface area contributed by atoms with Crippen molar-refractivity contribution in [3.63, 3.8) is 0 Å². The minimum absolute atomic E-state index is 0.0208. The van der Waals surface area contributed by atoms with E-state index in [1.165, 1.54) is 0 Å². The molecule has 5 nitrogen and oxygen atoms in total. The Bertz CT molecular complexity index is 852. The quantitative estimate of drug-likeness (QED) is 0.554. The van der Waals surface area contributed by atoms with Crippen molar-refractivity contribution in [1.82, 2.24) is 10.2 Å². The molecule has 0 heterocycles. The Kier molecular flexibility index (Phi) is 9.92. The second-order valence-electron chi connectivity index (χ2n) is 7.88. The van der Waals surface area contributed by atoms with E-state index >= 15 is 0 Å². The van der Waals surface area contributed by atoms with Crippen molar-refractivity contribution in [1.29, 1.82) is 0 Å². The Morgan fingerprint density at radius 1 is 1.10 bits per heavy atom. The number of carbonyl (C=O) groups excluding carboxylic acids is 2. The topological polar surface area (TPSA) is 58.6 Å². The molecule has 0 saturated heterocycles. The zero-order valence-corrected chi connectivity index (χ0v) is 20.0. The minimum Gasteiger partial charge on any atom is -0.497 e. The first-order valence-corrected chi connectivity index (χ1v) is 11.9. The van der Waals surface area contributed by atoms with Gasteiger partial charge in [-0.15, -0.1) is 11.8 Å². The molecule has 2 aromatic carbocycles. The second-order valence-corrected chi connectivity index (χ2v) is 8.86. The van der Waals surface area contributed by atoms with Crippen molar-refractivity contribution in [3.05, 3.63) is 65.2 Å². The summed E-state index contributed by atoms with van der Waals surface area (Å²) in [6, 6.07) is 15.4. The van der Waals surface area contributed by atoms with Gasteiger partial charge in [-0.05, 0) is 56.0 Å². The molecule has 0 spiro atoms. The Labute approximate surface area is 190 Å². The summed E-state index contributed by atoms with van der Waals surface area (Å²) < 4.78 is 5.19. The van der Waals surface area contributed by atoms with Gasteiger partial charge >= 0.3 is 0 Å². The number of methoxy groups -OCH3 is 1. The van der Waals surface area contributed by atoms with E-state index in [1.54, 1.807) is 23.8 Å². The van der Waals surface area contributed by atoms with Crippen molar-refractivity contribution in [2.24, 2.45) is 0 Å². The molecule has 0 fully saturated rings. The number of ether oxygens (including phenoxy) is 1. The van der Waals surface area contributed by atoms with Crippen LogP contribution in [0.25, 0.3) is 0 Å². The van der Waals surface area contributed by atoms with Crippen LogP contribution in [0, 0.1) is 6.92 Å². The zero-order chi connectivity index (χ0) is 22.8. The van der Waals surface area contributed by atoms with Gasteiger partial charge in [-0.25, -0.2) is 0 Å². The van der Waals surface area contributed by atoms with E-state index in [0.29, 0.717) is 18.7 Å².